The van der Waals surface area contributed by atoms with Crippen molar-refractivity contribution in [1.29, 1.82) is 0 Å². The Morgan fingerprint density at radius 1 is 1.44 bits per heavy atom. The van der Waals surface area contributed by atoms with Gasteiger partial charge < -0.3 is 0 Å². The molecule has 1 unspecified atom stereocenters. The van der Waals surface area contributed by atoms with Crippen LogP contribution in [0, 0.1) is 0 Å². The second-order valence-corrected chi connectivity index (χ2v) is 7.49. The van der Waals surface area contributed by atoms with E-state index in [1.807, 2.05) is 0 Å². The smallest absolute Gasteiger partial charge is 0.229 e. The zero-order valence-corrected chi connectivity index (χ0v) is 13.0. The van der Waals surface area contributed by atoms with Crippen LogP contribution in [0.15, 0.2) is 21.2 Å². The van der Waals surface area contributed by atoms with Crippen molar-refractivity contribution in [3.05, 3.63) is 21.2 Å². The number of nitrogens with two attached hydrogens (primary N) is 1. The summed E-state index contributed by atoms with van der Waals surface area (Å²) in [6.45, 7) is 0.0326. The number of anilines is 1. The summed E-state index contributed by atoms with van der Waals surface area (Å²) < 4.78 is 23.9. The zero-order chi connectivity index (χ0) is 13.5. The lowest BCUT2D eigenvalue weighted by Crippen LogP contribution is -2.32. The Morgan fingerprint density at radius 3 is 2.61 bits per heavy atom. The minimum atomic E-state index is -3.71. The van der Waals surface area contributed by atoms with E-state index >= 15 is 0 Å². The highest BCUT2D eigenvalue weighted by atomic mass is 79.9. The van der Waals surface area contributed by atoms with Gasteiger partial charge in [-0.2, -0.15) is 0 Å². The van der Waals surface area contributed by atoms with Crippen LogP contribution >= 0.6 is 31.9 Å². The van der Waals surface area contributed by atoms with Gasteiger partial charge in [0.1, 0.15) is 11.1 Å². The number of sulfonamides is 1. The second kappa shape index (κ2) is 4.87. The molecule has 0 radical (unpaired) electrons. The van der Waals surface area contributed by atoms with Crippen LogP contribution in [0.3, 0.4) is 0 Å². The number of pyridine rings is 1. The number of amides is 1. The minimum absolute atomic E-state index is 0.0326. The third kappa shape index (κ3) is 2.73. The molecule has 1 amide bonds. The average molecular weight is 399 g/mol. The SMILES string of the molecule is NS(=O)(=O)C1CC(=O)N(c2ncc(Br)cc2Br)C1. The summed E-state index contributed by atoms with van der Waals surface area (Å²) in [5, 5.41) is 4.19. The highest BCUT2D eigenvalue weighted by Crippen LogP contribution is 2.30. The van der Waals surface area contributed by atoms with Gasteiger partial charge >= 0.3 is 0 Å². The Bertz CT molecular complexity index is 605. The van der Waals surface area contributed by atoms with Gasteiger partial charge in [0.2, 0.25) is 15.9 Å². The first kappa shape index (κ1) is 13.9. The summed E-state index contributed by atoms with van der Waals surface area (Å²) in [7, 11) is -3.71. The molecule has 0 bridgehead atoms. The second-order valence-electron chi connectivity index (χ2n) is 3.88. The maximum Gasteiger partial charge on any atom is 0.229 e. The summed E-state index contributed by atoms with van der Waals surface area (Å²) in [5.74, 6) is 0.0962. The van der Waals surface area contributed by atoms with Gasteiger partial charge in [-0.05, 0) is 37.9 Å². The summed E-state index contributed by atoms with van der Waals surface area (Å²) in [5.41, 5.74) is 0. The van der Waals surface area contributed by atoms with E-state index in [-0.39, 0.29) is 18.9 Å². The predicted molar refractivity (Wildman–Crippen MR) is 73.5 cm³/mol. The molecule has 1 aromatic heterocycles. The number of carbonyl (C=O) groups is 1. The van der Waals surface area contributed by atoms with Crippen LogP contribution in [0.1, 0.15) is 6.42 Å². The molecule has 0 saturated carbocycles. The van der Waals surface area contributed by atoms with Crippen LogP contribution in [0.25, 0.3) is 0 Å². The molecule has 2 N–H and O–H groups in total. The summed E-state index contributed by atoms with van der Waals surface area (Å²) in [6, 6.07) is 1.74. The average Bonchev–Trinajstić information content (AvgIpc) is 2.60. The molecular formula is C9H9Br2N3O3S. The fourth-order valence-electron chi connectivity index (χ4n) is 1.71. The quantitative estimate of drug-likeness (QED) is 0.804. The van der Waals surface area contributed by atoms with Gasteiger partial charge in [0.05, 0.1) is 4.47 Å². The minimum Gasteiger partial charge on any atom is -0.294 e. The van der Waals surface area contributed by atoms with Gasteiger partial charge in [-0.1, -0.05) is 0 Å². The van der Waals surface area contributed by atoms with Crippen LogP contribution in [0.4, 0.5) is 5.82 Å². The molecule has 18 heavy (non-hydrogen) atoms. The fraction of sp³-hybridized carbons (Fsp3) is 0.333. The number of carbonyl (C=O) groups excluding carboxylic acids is 1. The topological polar surface area (TPSA) is 93.4 Å². The summed E-state index contributed by atoms with van der Waals surface area (Å²) in [4.78, 5) is 17.2. The van der Waals surface area contributed by atoms with Crippen molar-refractivity contribution in [2.75, 3.05) is 11.4 Å². The van der Waals surface area contributed by atoms with Crippen molar-refractivity contribution < 1.29 is 13.2 Å². The van der Waals surface area contributed by atoms with Crippen LogP contribution < -0.4 is 10.0 Å². The number of halogens is 2. The molecule has 1 saturated heterocycles. The molecule has 1 atom stereocenters. The largest absolute Gasteiger partial charge is 0.294 e. The first-order valence-electron chi connectivity index (χ1n) is 4.92. The molecule has 2 heterocycles. The van der Waals surface area contributed by atoms with Crippen molar-refractivity contribution >= 4 is 53.6 Å². The van der Waals surface area contributed by atoms with Crippen molar-refractivity contribution in [2.45, 2.75) is 11.7 Å². The molecule has 0 aliphatic carbocycles. The van der Waals surface area contributed by atoms with Crippen LogP contribution in [0.2, 0.25) is 0 Å². The van der Waals surface area contributed by atoms with E-state index in [1.54, 1.807) is 6.07 Å². The number of aromatic nitrogens is 1. The van der Waals surface area contributed by atoms with E-state index in [4.69, 9.17) is 5.14 Å². The van der Waals surface area contributed by atoms with Crippen LogP contribution in [-0.4, -0.2) is 31.1 Å². The zero-order valence-electron chi connectivity index (χ0n) is 9.01. The molecule has 1 aromatic rings. The van der Waals surface area contributed by atoms with E-state index < -0.39 is 15.3 Å². The Balaban J connectivity index is 2.33. The number of hydrogen-bond acceptors (Lipinski definition) is 4. The molecule has 6 nitrogen and oxygen atoms in total. The van der Waals surface area contributed by atoms with Crippen molar-refractivity contribution in [1.82, 2.24) is 4.98 Å². The van der Waals surface area contributed by atoms with Gasteiger partial charge in [-0.15, -0.1) is 0 Å². The number of nitrogens with zero attached hydrogens (tertiary/aromatic N) is 2. The Labute approximate surface area is 121 Å². The lowest BCUT2D eigenvalue weighted by molar-refractivity contribution is -0.117. The molecule has 1 aliphatic heterocycles. The van der Waals surface area contributed by atoms with Gasteiger partial charge in [-0.3, -0.25) is 9.69 Å². The Hall–Kier alpha value is -0.510. The van der Waals surface area contributed by atoms with Crippen molar-refractivity contribution in [3.63, 3.8) is 0 Å². The summed E-state index contributed by atoms with van der Waals surface area (Å²) in [6.07, 6.45) is 1.43. The van der Waals surface area contributed by atoms with Gasteiger partial charge in [-0.25, -0.2) is 18.5 Å². The molecule has 1 aliphatic rings. The van der Waals surface area contributed by atoms with E-state index in [9.17, 15) is 13.2 Å². The molecule has 2 rings (SSSR count). The molecule has 9 heteroatoms. The molecule has 0 aromatic carbocycles. The normalized spacial score (nSPS) is 20.5. The fourth-order valence-corrected chi connectivity index (χ4v) is 3.64. The highest BCUT2D eigenvalue weighted by Gasteiger charge is 2.38. The number of primary sulfonamides is 1. The van der Waals surface area contributed by atoms with E-state index in [0.29, 0.717) is 10.3 Å². The monoisotopic (exact) mass is 397 g/mol. The lowest BCUT2D eigenvalue weighted by Gasteiger charge is -2.16. The number of hydrogen-bond donors (Lipinski definition) is 1. The Kier molecular flexibility index (Phi) is 3.77. The van der Waals surface area contributed by atoms with E-state index in [1.165, 1.54) is 11.1 Å². The van der Waals surface area contributed by atoms with E-state index in [2.05, 4.69) is 36.8 Å². The standard InChI is InChI=1S/C9H9Br2N3O3S/c10-5-1-7(11)9(13-3-5)14-4-6(2-8(14)15)18(12,16)17/h1,3,6H,2,4H2,(H2,12,16,17). The lowest BCUT2D eigenvalue weighted by atomic mass is 10.4. The van der Waals surface area contributed by atoms with E-state index in [0.717, 1.165) is 4.47 Å². The van der Waals surface area contributed by atoms with Gasteiger partial charge in [0.25, 0.3) is 0 Å². The Morgan fingerprint density at radius 2 is 2.11 bits per heavy atom. The van der Waals surface area contributed by atoms with Crippen molar-refractivity contribution in [3.8, 4) is 0 Å². The molecular weight excluding hydrogens is 390 g/mol. The number of rotatable bonds is 2. The molecule has 0 spiro atoms. The molecule has 1 fully saturated rings. The van der Waals surface area contributed by atoms with Gasteiger partial charge in [0, 0.05) is 23.6 Å². The van der Waals surface area contributed by atoms with Crippen molar-refractivity contribution in [2.24, 2.45) is 5.14 Å². The van der Waals surface area contributed by atoms with Crippen LogP contribution in [0.5, 0.6) is 0 Å². The highest BCUT2D eigenvalue weighted by molar-refractivity contribution is 9.11. The first-order chi connectivity index (χ1) is 8.29. The maximum atomic E-state index is 11.8. The van der Waals surface area contributed by atoms with Gasteiger partial charge in [0.15, 0.2) is 0 Å². The third-order valence-electron chi connectivity index (χ3n) is 2.60. The maximum absolute atomic E-state index is 11.8. The van der Waals surface area contributed by atoms with Crippen LogP contribution in [-0.2, 0) is 14.8 Å². The first-order valence-corrected chi connectivity index (χ1v) is 8.11. The predicted octanol–water partition coefficient (Wildman–Crippen LogP) is 1.00. The third-order valence-corrected chi connectivity index (χ3v) is 4.86. The molecule has 98 valence electrons. The summed E-state index contributed by atoms with van der Waals surface area (Å²) >= 11 is 6.54.